The normalized spacial score (nSPS) is 18.5. The SMILES string of the molecule is Nc1ncnc2c1c(-c1ccc(Oc3ccccc3)cc1)nn2[C@@H]1CCCN(C(=O)COCCSc2cccc3c2C(=O)N(C2CCC(=O)NC2=O)C3=O)C1. The molecule has 2 saturated heterocycles. The molecule has 3 aliphatic rings. The van der Waals surface area contributed by atoms with Gasteiger partial charge in [-0.3, -0.25) is 34.2 Å². The summed E-state index contributed by atoms with van der Waals surface area (Å²) in [5.74, 6) is -0.226. The van der Waals surface area contributed by atoms with Crippen LogP contribution in [0.25, 0.3) is 22.3 Å². The van der Waals surface area contributed by atoms with E-state index in [0.717, 1.165) is 29.1 Å². The molecule has 0 radical (unpaired) electrons. The first-order valence-corrected chi connectivity index (χ1v) is 18.9. The second kappa shape index (κ2) is 15.3. The molecule has 2 atom stereocenters. The molecule has 15 nitrogen and oxygen atoms in total. The van der Waals surface area contributed by atoms with Gasteiger partial charge in [-0.05, 0) is 67.8 Å². The van der Waals surface area contributed by atoms with Crippen molar-refractivity contribution in [3.63, 3.8) is 0 Å². The molecule has 2 fully saturated rings. The monoisotopic (exact) mass is 760 g/mol. The Morgan fingerprint density at radius 3 is 2.53 bits per heavy atom. The number of piperidine rings is 2. The summed E-state index contributed by atoms with van der Waals surface area (Å²) in [5, 5.41) is 7.83. The van der Waals surface area contributed by atoms with E-state index < -0.39 is 29.7 Å². The highest BCUT2D eigenvalue weighted by Crippen LogP contribution is 2.36. The number of hydrogen-bond donors (Lipinski definition) is 2. The minimum atomic E-state index is -1.04. The lowest BCUT2D eigenvalue weighted by Crippen LogP contribution is -2.54. The van der Waals surface area contributed by atoms with E-state index in [4.69, 9.17) is 20.3 Å². The molecule has 0 bridgehead atoms. The molecule has 0 aliphatic carbocycles. The zero-order chi connectivity index (χ0) is 38.1. The minimum absolute atomic E-state index is 0.0479. The third-order valence-electron chi connectivity index (χ3n) is 9.86. The van der Waals surface area contributed by atoms with Crippen molar-refractivity contribution in [2.75, 3.05) is 37.8 Å². The van der Waals surface area contributed by atoms with E-state index in [1.807, 2.05) is 59.3 Å². The summed E-state index contributed by atoms with van der Waals surface area (Å²) in [4.78, 5) is 76.0. The van der Waals surface area contributed by atoms with Crippen molar-refractivity contribution in [3.8, 4) is 22.8 Å². The topological polar surface area (TPSA) is 192 Å². The number of para-hydroxylation sites is 1. The molecule has 3 aliphatic heterocycles. The number of nitrogens with zero attached hydrogens (tertiary/aromatic N) is 6. The number of hydrogen-bond acceptors (Lipinski definition) is 12. The molecule has 280 valence electrons. The number of likely N-dealkylation sites (tertiary alicyclic amines) is 1. The number of fused-ring (bicyclic) bond motifs is 2. The molecule has 8 rings (SSSR count). The molecule has 1 unspecified atom stereocenters. The van der Waals surface area contributed by atoms with Crippen LogP contribution in [0.3, 0.4) is 0 Å². The maximum atomic E-state index is 13.4. The van der Waals surface area contributed by atoms with Gasteiger partial charge in [0.15, 0.2) is 5.65 Å². The average Bonchev–Trinajstić information content (AvgIpc) is 3.71. The molecule has 2 aromatic heterocycles. The highest BCUT2D eigenvalue weighted by atomic mass is 32.2. The van der Waals surface area contributed by atoms with Crippen LogP contribution in [-0.4, -0.2) is 97.2 Å². The molecule has 16 heteroatoms. The number of thioether (sulfide) groups is 1. The number of nitrogens with one attached hydrogen (secondary N) is 1. The van der Waals surface area contributed by atoms with Crippen molar-refractivity contribution >= 4 is 58.1 Å². The van der Waals surface area contributed by atoms with Crippen LogP contribution in [0.2, 0.25) is 0 Å². The number of nitrogens with two attached hydrogens (primary N) is 1. The lowest BCUT2D eigenvalue weighted by molar-refractivity contribution is -0.138. The first-order valence-electron chi connectivity index (χ1n) is 17.9. The molecule has 0 saturated carbocycles. The number of ether oxygens (including phenoxy) is 2. The van der Waals surface area contributed by atoms with E-state index >= 15 is 0 Å². The Kier molecular flexibility index (Phi) is 9.99. The van der Waals surface area contributed by atoms with Crippen LogP contribution in [0.15, 0.2) is 84.0 Å². The molecule has 0 spiro atoms. The summed E-state index contributed by atoms with van der Waals surface area (Å²) in [7, 11) is 0. The molecule has 3 aromatic carbocycles. The van der Waals surface area contributed by atoms with Crippen LogP contribution in [0.1, 0.15) is 52.4 Å². The Morgan fingerprint density at radius 2 is 1.73 bits per heavy atom. The van der Waals surface area contributed by atoms with Crippen molar-refractivity contribution in [3.05, 3.63) is 90.3 Å². The number of anilines is 1. The van der Waals surface area contributed by atoms with Gasteiger partial charge in [0.1, 0.15) is 42.0 Å². The molecule has 5 amide bonds. The van der Waals surface area contributed by atoms with Gasteiger partial charge < -0.3 is 20.1 Å². The largest absolute Gasteiger partial charge is 0.457 e. The quantitative estimate of drug-likeness (QED) is 0.111. The lowest BCUT2D eigenvalue weighted by Gasteiger charge is -2.33. The number of imide groups is 2. The predicted octanol–water partition coefficient (Wildman–Crippen LogP) is 4.24. The molecule has 5 aromatic rings. The number of nitrogen functional groups attached to an aromatic ring is 1. The van der Waals surface area contributed by atoms with Crippen molar-refractivity contribution in [2.24, 2.45) is 0 Å². The first kappa shape index (κ1) is 35.9. The standard InChI is InChI=1S/C39H36N8O7S/c40-35-33-34(23-11-13-26(14-12-23)54-25-7-2-1-3-8-25)44-47(36(33)42-22-41-35)24-6-5-17-45(20-24)31(49)21-53-18-19-55-29-10-4-9-27-32(29)39(52)46(38(27)51)28-15-16-30(48)43-37(28)50/h1-4,7-14,22,24,28H,5-6,15-21H2,(H2,40,41,42)(H,43,48,50)/t24-,28?/m1/s1. The second-order valence-corrected chi connectivity index (χ2v) is 14.5. The number of carbonyl (C=O) groups excluding carboxylic acids is 5. The summed E-state index contributed by atoms with van der Waals surface area (Å²) < 4.78 is 13.6. The maximum Gasteiger partial charge on any atom is 0.263 e. The molecule has 55 heavy (non-hydrogen) atoms. The summed E-state index contributed by atoms with van der Waals surface area (Å²) in [6.07, 6.45) is 3.10. The Labute approximate surface area is 319 Å². The van der Waals surface area contributed by atoms with Crippen molar-refractivity contribution in [2.45, 2.75) is 42.7 Å². The van der Waals surface area contributed by atoms with Gasteiger partial charge in [0.25, 0.3) is 11.8 Å². The Hall–Kier alpha value is -6.13. The molecule has 5 heterocycles. The molecular weight excluding hydrogens is 725 g/mol. The van der Waals surface area contributed by atoms with E-state index in [0.29, 0.717) is 52.0 Å². The van der Waals surface area contributed by atoms with Gasteiger partial charge in [0.2, 0.25) is 17.7 Å². The highest BCUT2D eigenvalue weighted by Gasteiger charge is 2.45. The predicted molar refractivity (Wildman–Crippen MR) is 201 cm³/mol. The third kappa shape index (κ3) is 7.13. The summed E-state index contributed by atoms with van der Waals surface area (Å²) >= 11 is 1.32. The van der Waals surface area contributed by atoms with Gasteiger partial charge in [-0.15, -0.1) is 11.8 Å². The van der Waals surface area contributed by atoms with Crippen molar-refractivity contribution in [1.29, 1.82) is 0 Å². The van der Waals surface area contributed by atoms with Crippen LogP contribution < -0.4 is 15.8 Å². The highest BCUT2D eigenvalue weighted by molar-refractivity contribution is 7.99. The van der Waals surface area contributed by atoms with E-state index in [-0.39, 0.29) is 49.1 Å². The van der Waals surface area contributed by atoms with Gasteiger partial charge in [-0.2, -0.15) is 5.10 Å². The van der Waals surface area contributed by atoms with E-state index in [9.17, 15) is 24.0 Å². The second-order valence-electron chi connectivity index (χ2n) is 13.4. The fraction of sp³-hybridized carbons (Fsp3) is 0.282. The summed E-state index contributed by atoms with van der Waals surface area (Å²) in [5.41, 5.74) is 8.88. The van der Waals surface area contributed by atoms with Crippen molar-refractivity contribution in [1.82, 2.24) is 34.9 Å². The zero-order valence-corrected chi connectivity index (χ0v) is 30.4. The van der Waals surface area contributed by atoms with Crippen LogP contribution in [0.4, 0.5) is 5.82 Å². The number of aromatic nitrogens is 4. The molecule has 3 N–H and O–H groups in total. The van der Waals surface area contributed by atoms with Gasteiger partial charge in [0.05, 0.1) is 29.2 Å². The smallest absolute Gasteiger partial charge is 0.263 e. The third-order valence-corrected chi connectivity index (χ3v) is 10.9. The number of amides is 5. The van der Waals surface area contributed by atoms with Gasteiger partial charge >= 0.3 is 0 Å². The first-order chi connectivity index (χ1) is 26.8. The summed E-state index contributed by atoms with van der Waals surface area (Å²) in [6.45, 7) is 1.08. The van der Waals surface area contributed by atoms with E-state index in [2.05, 4.69) is 15.3 Å². The van der Waals surface area contributed by atoms with Crippen LogP contribution in [0.5, 0.6) is 11.5 Å². The Balaban J connectivity index is 0.883. The van der Waals surface area contributed by atoms with Crippen LogP contribution in [0, 0.1) is 0 Å². The summed E-state index contributed by atoms with van der Waals surface area (Å²) in [6, 6.07) is 20.9. The number of carbonyl (C=O) groups is 5. The Bertz CT molecular complexity index is 2320. The van der Waals surface area contributed by atoms with Crippen molar-refractivity contribution < 1.29 is 33.4 Å². The maximum absolute atomic E-state index is 13.4. The van der Waals surface area contributed by atoms with Crippen LogP contribution >= 0.6 is 11.8 Å². The van der Waals surface area contributed by atoms with E-state index in [1.54, 1.807) is 23.1 Å². The Morgan fingerprint density at radius 1 is 0.927 bits per heavy atom. The van der Waals surface area contributed by atoms with Gasteiger partial charge in [-0.1, -0.05) is 24.3 Å². The van der Waals surface area contributed by atoms with Crippen LogP contribution in [-0.2, 0) is 19.1 Å². The van der Waals surface area contributed by atoms with Gasteiger partial charge in [0, 0.05) is 35.7 Å². The zero-order valence-electron chi connectivity index (χ0n) is 29.6. The number of rotatable bonds is 11. The fourth-order valence-corrected chi connectivity index (χ4v) is 8.14. The average molecular weight is 761 g/mol. The molecular formula is C39H36N8O7S. The van der Waals surface area contributed by atoms with E-state index in [1.165, 1.54) is 18.1 Å². The van der Waals surface area contributed by atoms with Gasteiger partial charge in [-0.25, -0.2) is 14.6 Å². The lowest BCUT2D eigenvalue weighted by atomic mass is 10.0. The number of benzene rings is 3. The fourth-order valence-electron chi connectivity index (χ4n) is 7.20. The minimum Gasteiger partial charge on any atom is -0.457 e.